The van der Waals surface area contributed by atoms with Crippen molar-refractivity contribution >= 4 is 16.7 Å². The summed E-state index contributed by atoms with van der Waals surface area (Å²) in [6, 6.07) is 7.83. The highest BCUT2D eigenvalue weighted by atomic mass is 16.4. The second-order valence-electron chi connectivity index (χ2n) is 4.51. The molecule has 3 rings (SSSR count). The molecule has 7 heteroatoms. The van der Waals surface area contributed by atoms with Crippen molar-refractivity contribution in [2.45, 2.75) is 6.92 Å². The lowest BCUT2D eigenvalue weighted by atomic mass is 10.2. The molecule has 0 spiro atoms. The third-order valence-corrected chi connectivity index (χ3v) is 3.23. The van der Waals surface area contributed by atoms with E-state index >= 15 is 0 Å². The van der Waals surface area contributed by atoms with Crippen LogP contribution in [0.15, 0.2) is 35.6 Å². The van der Waals surface area contributed by atoms with Crippen LogP contribution in [0.3, 0.4) is 0 Å². The first-order valence-electron chi connectivity index (χ1n) is 6.08. The van der Waals surface area contributed by atoms with Crippen LogP contribution in [-0.2, 0) is 7.05 Å². The number of benzene rings is 1. The van der Waals surface area contributed by atoms with E-state index in [-0.39, 0.29) is 5.84 Å². The summed E-state index contributed by atoms with van der Waals surface area (Å²) in [4.78, 5) is 0. The van der Waals surface area contributed by atoms with Gasteiger partial charge in [-0.2, -0.15) is 10.2 Å². The molecule has 0 aliphatic rings. The van der Waals surface area contributed by atoms with E-state index in [1.165, 1.54) is 0 Å². The van der Waals surface area contributed by atoms with E-state index in [1.807, 2.05) is 31.2 Å². The minimum Gasteiger partial charge on any atom is -0.409 e. The molecule has 0 aliphatic heterocycles. The predicted molar refractivity (Wildman–Crippen MR) is 75.1 cm³/mol. The first-order chi connectivity index (χ1) is 9.63. The predicted octanol–water partition coefficient (Wildman–Crippen LogP) is 1.16. The first kappa shape index (κ1) is 12.2. The Kier molecular flexibility index (Phi) is 2.67. The third kappa shape index (κ3) is 1.63. The van der Waals surface area contributed by atoms with Crippen LogP contribution in [-0.4, -0.2) is 30.6 Å². The molecule has 2 heterocycles. The Labute approximate surface area is 114 Å². The number of nitrogens with zero attached hydrogens (tertiary/aromatic N) is 5. The molecule has 0 atom stereocenters. The van der Waals surface area contributed by atoms with Gasteiger partial charge in [0.25, 0.3) is 0 Å². The molecular weight excluding hydrogens is 256 g/mol. The average Bonchev–Trinajstić information content (AvgIpc) is 2.98. The Morgan fingerprint density at radius 1 is 1.35 bits per heavy atom. The zero-order chi connectivity index (χ0) is 14.3. The number of amidine groups is 1. The van der Waals surface area contributed by atoms with Gasteiger partial charge in [-0.1, -0.05) is 23.4 Å². The summed E-state index contributed by atoms with van der Waals surface area (Å²) >= 11 is 0. The first-order valence-corrected chi connectivity index (χ1v) is 6.08. The summed E-state index contributed by atoms with van der Waals surface area (Å²) in [7, 11) is 1.80. The topological polar surface area (TPSA) is 94.2 Å². The van der Waals surface area contributed by atoms with Crippen LogP contribution in [0.2, 0.25) is 0 Å². The normalized spacial score (nSPS) is 12.2. The molecular formula is C13H14N6O. The molecule has 3 aromatic rings. The van der Waals surface area contributed by atoms with Crippen LogP contribution in [0, 0.1) is 6.92 Å². The molecule has 2 aromatic heterocycles. The summed E-state index contributed by atoms with van der Waals surface area (Å²) in [5.41, 5.74) is 7.95. The van der Waals surface area contributed by atoms with Crippen molar-refractivity contribution in [1.82, 2.24) is 19.6 Å². The molecule has 102 valence electrons. The minimum absolute atomic E-state index is 0.0187. The maximum atomic E-state index is 8.95. The van der Waals surface area contributed by atoms with Crippen LogP contribution in [0.4, 0.5) is 0 Å². The molecule has 3 N–H and O–H groups in total. The van der Waals surface area contributed by atoms with E-state index in [0.717, 1.165) is 10.9 Å². The number of aryl methyl sites for hydroxylation is 2. The van der Waals surface area contributed by atoms with Gasteiger partial charge >= 0.3 is 0 Å². The zero-order valence-corrected chi connectivity index (χ0v) is 11.1. The van der Waals surface area contributed by atoms with Gasteiger partial charge in [-0.3, -0.25) is 4.68 Å². The summed E-state index contributed by atoms with van der Waals surface area (Å²) < 4.78 is 3.41. The molecule has 0 radical (unpaired) electrons. The van der Waals surface area contributed by atoms with Gasteiger partial charge in [0.1, 0.15) is 0 Å². The molecule has 20 heavy (non-hydrogen) atoms. The lowest BCUT2D eigenvalue weighted by Gasteiger charge is -2.07. The van der Waals surface area contributed by atoms with Gasteiger partial charge in [0.2, 0.25) is 0 Å². The largest absolute Gasteiger partial charge is 0.409 e. The van der Waals surface area contributed by atoms with Gasteiger partial charge < -0.3 is 10.9 Å². The van der Waals surface area contributed by atoms with Crippen molar-refractivity contribution in [3.8, 4) is 5.82 Å². The Hall–Kier alpha value is -2.83. The second kappa shape index (κ2) is 4.37. The monoisotopic (exact) mass is 270 g/mol. The number of nitrogens with two attached hydrogens (primary N) is 1. The van der Waals surface area contributed by atoms with Crippen LogP contribution >= 0.6 is 0 Å². The Morgan fingerprint density at radius 2 is 2.10 bits per heavy atom. The van der Waals surface area contributed by atoms with Crippen LogP contribution in [0.5, 0.6) is 0 Å². The molecule has 0 bridgehead atoms. The SMILES string of the molecule is Cc1nn(C)c(-n2ncc3ccccc32)c1C(N)=NO. The van der Waals surface area contributed by atoms with Gasteiger partial charge in [-0.25, -0.2) is 4.68 Å². The van der Waals surface area contributed by atoms with E-state index in [4.69, 9.17) is 10.9 Å². The fourth-order valence-electron chi connectivity index (χ4n) is 2.38. The van der Waals surface area contributed by atoms with Crippen molar-refractivity contribution < 1.29 is 5.21 Å². The van der Waals surface area contributed by atoms with Crippen molar-refractivity contribution in [1.29, 1.82) is 0 Å². The van der Waals surface area contributed by atoms with Gasteiger partial charge in [-0.05, 0) is 13.0 Å². The smallest absolute Gasteiger partial charge is 0.175 e. The number of aromatic nitrogens is 4. The van der Waals surface area contributed by atoms with Gasteiger partial charge in [0.05, 0.1) is 23.0 Å². The number of para-hydroxylation sites is 1. The molecule has 0 saturated carbocycles. The van der Waals surface area contributed by atoms with Crippen molar-refractivity contribution in [3.05, 3.63) is 41.7 Å². The minimum atomic E-state index is 0.0187. The molecule has 0 saturated heterocycles. The van der Waals surface area contributed by atoms with Crippen molar-refractivity contribution in [3.63, 3.8) is 0 Å². The number of hydrogen-bond acceptors (Lipinski definition) is 4. The molecule has 7 nitrogen and oxygen atoms in total. The van der Waals surface area contributed by atoms with E-state index in [9.17, 15) is 0 Å². The quantitative estimate of drug-likeness (QED) is 0.316. The summed E-state index contributed by atoms with van der Waals surface area (Å²) in [5.74, 6) is 0.684. The highest BCUT2D eigenvalue weighted by Crippen LogP contribution is 2.22. The van der Waals surface area contributed by atoms with E-state index in [1.54, 1.807) is 22.6 Å². The van der Waals surface area contributed by atoms with E-state index < -0.39 is 0 Å². The van der Waals surface area contributed by atoms with Crippen LogP contribution in [0.1, 0.15) is 11.3 Å². The number of hydrogen-bond donors (Lipinski definition) is 2. The lowest BCUT2D eigenvalue weighted by Crippen LogP contribution is -2.17. The van der Waals surface area contributed by atoms with Crippen molar-refractivity contribution in [2.75, 3.05) is 0 Å². The maximum Gasteiger partial charge on any atom is 0.175 e. The summed E-state index contributed by atoms with van der Waals surface area (Å²) in [5, 5.41) is 21.8. The molecule has 0 aliphatic carbocycles. The molecule has 0 fully saturated rings. The number of fused-ring (bicyclic) bond motifs is 1. The van der Waals surface area contributed by atoms with Crippen LogP contribution in [0.25, 0.3) is 16.7 Å². The Bertz CT molecular complexity index is 813. The lowest BCUT2D eigenvalue weighted by molar-refractivity contribution is 0.318. The Morgan fingerprint density at radius 3 is 2.85 bits per heavy atom. The highest BCUT2D eigenvalue weighted by molar-refractivity contribution is 6.01. The zero-order valence-electron chi connectivity index (χ0n) is 11.1. The maximum absolute atomic E-state index is 8.95. The third-order valence-electron chi connectivity index (χ3n) is 3.23. The van der Waals surface area contributed by atoms with Crippen LogP contribution < -0.4 is 5.73 Å². The second-order valence-corrected chi connectivity index (χ2v) is 4.51. The standard InChI is InChI=1S/C13H14N6O/c1-8-11(12(14)17-20)13(18(2)16-8)19-10-6-4-3-5-9(10)7-15-19/h3-7,20H,1-2H3,(H2,14,17). The van der Waals surface area contributed by atoms with E-state index in [0.29, 0.717) is 17.1 Å². The Balaban J connectivity index is 2.35. The summed E-state index contributed by atoms with van der Waals surface area (Å²) in [6.07, 6.45) is 1.77. The fraction of sp³-hybridized carbons (Fsp3) is 0.154. The number of rotatable bonds is 2. The molecule has 0 amide bonds. The molecule has 1 aromatic carbocycles. The average molecular weight is 270 g/mol. The van der Waals surface area contributed by atoms with Gasteiger partial charge in [-0.15, -0.1) is 0 Å². The van der Waals surface area contributed by atoms with Crippen molar-refractivity contribution in [2.24, 2.45) is 17.9 Å². The highest BCUT2D eigenvalue weighted by Gasteiger charge is 2.20. The summed E-state index contributed by atoms with van der Waals surface area (Å²) in [6.45, 7) is 1.81. The van der Waals surface area contributed by atoms with Gasteiger partial charge in [0, 0.05) is 12.4 Å². The fourth-order valence-corrected chi connectivity index (χ4v) is 2.38. The molecule has 0 unspecified atom stereocenters. The van der Waals surface area contributed by atoms with E-state index in [2.05, 4.69) is 15.4 Å². The number of oxime groups is 1. The van der Waals surface area contributed by atoms with Gasteiger partial charge in [0.15, 0.2) is 11.7 Å².